The van der Waals surface area contributed by atoms with Crippen molar-refractivity contribution in [3.05, 3.63) is 78.2 Å². The quantitative estimate of drug-likeness (QED) is 0.354. The smallest absolute Gasteiger partial charge is 0.342 e. The highest BCUT2D eigenvalue weighted by Gasteiger charge is 2.40. The van der Waals surface area contributed by atoms with Gasteiger partial charge in [0, 0.05) is 18.5 Å². The number of aromatic nitrogens is 2. The summed E-state index contributed by atoms with van der Waals surface area (Å²) in [5, 5.41) is 0.562. The number of imide groups is 1. The molecular formula is C25H23N3O7. The molecule has 10 heteroatoms. The summed E-state index contributed by atoms with van der Waals surface area (Å²) in [6.07, 6.45) is 3.20. The van der Waals surface area contributed by atoms with E-state index in [0.717, 1.165) is 0 Å². The summed E-state index contributed by atoms with van der Waals surface area (Å²) in [6, 6.07) is 12.9. The van der Waals surface area contributed by atoms with Gasteiger partial charge in [0.1, 0.15) is 23.7 Å². The Kier molecular flexibility index (Phi) is 6.74. The van der Waals surface area contributed by atoms with E-state index < -0.39 is 29.5 Å². The fourth-order valence-electron chi connectivity index (χ4n) is 3.11. The fourth-order valence-corrected chi connectivity index (χ4v) is 3.11. The summed E-state index contributed by atoms with van der Waals surface area (Å²) in [7, 11) is 0. The number of hydrogen-bond acceptors (Lipinski definition) is 9. The molecule has 2 aromatic heterocycles. The summed E-state index contributed by atoms with van der Waals surface area (Å²) in [6.45, 7) is 4.73. The maximum absolute atomic E-state index is 12.8. The molecule has 10 nitrogen and oxygen atoms in total. The topological polar surface area (TPSA) is 117 Å². The predicted molar refractivity (Wildman–Crippen MR) is 122 cm³/mol. The monoisotopic (exact) mass is 477 g/mol. The molecule has 0 bridgehead atoms. The minimum atomic E-state index is -1.40. The average Bonchev–Trinajstić information content (AvgIpc) is 3.07. The van der Waals surface area contributed by atoms with Crippen molar-refractivity contribution in [1.29, 1.82) is 0 Å². The van der Waals surface area contributed by atoms with Crippen LogP contribution in [-0.4, -0.2) is 51.1 Å². The molecule has 3 aromatic rings. The van der Waals surface area contributed by atoms with Gasteiger partial charge in [-0.15, -0.1) is 5.06 Å². The lowest BCUT2D eigenvalue weighted by Crippen LogP contribution is -2.43. The van der Waals surface area contributed by atoms with Gasteiger partial charge in [-0.1, -0.05) is 12.1 Å². The standard InChI is InChI=1S/C25H23N3O7/c1-25(2,3)34-24(31)20(35-28-22(29)18-6-4-5-7-19(18)23(28)30)15-32-17-8-9-21(27-14-17)33-16-10-12-26-13-11-16/h4-14,20H,15H2,1-3H3. The van der Waals surface area contributed by atoms with E-state index in [2.05, 4.69) is 9.97 Å². The Hall–Kier alpha value is -4.31. The lowest BCUT2D eigenvalue weighted by atomic mass is 10.1. The second kappa shape index (κ2) is 9.90. The Morgan fingerprint density at radius 2 is 1.60 bits per heavy atom. The summed E-state index contributed by atoms with van der Waals surface area (Å²) >= 11 is 0. The molecule has 180 valence electrons. The van der Waals surface area contributed by atoms with Crippen LogP contribution in [0.25, 0.3) is 0 Å². The van der Waals surface area contributed by atoms with Crippen LogP contribution in [-0.2, 0) is 14.4 Å². The number of fused-ring (bicyclic) bond motifs is 1. The van der Waals surface area contributed by atoms with E-state index in [0.29, 0.717) is 22.4 Å². The number of hydroxylamine groups is 2. The van der Waals surface area contributed by atoms with Crippen molar-refractivity contribution in [2.24, 2.45) is 0 Å². The van der Waals surface area contributed by atoms with Gasteiger partial charge in [-0.25, -0.2) is 14.6 Å². The van der Waals surface area contributed by atoms with Gasteiger partial charge in [0.2, 0.25) is 12.0 Å². The molecular weight excluding hydrogens is 454 g/mol. The number of rotatable bonds is 8. The van der Waals surface area contributed by atoms with Crippen molar-refractivity contribution < 1.29 is 33.4 Å². The Bertz CT molecular complexity index is 1190. The maximum atomic E-state index is 12.8. The Balaban J connectivity index is 1.45. The van der Waals surface area contributed by atoms with E-state index in [1.165, 1.54) is 18.3 Å². The van der Waals surface area contributed by atoms with E-state index in [4.69, 9.17) is 19.0 Å². The van der Waals surface area contributed by atoms with Crippen molar-refractivity contribution in [2.75, 3.05) is 6.61 Å². The van der Waals surface area contributed by atoms with Gasteiger partial charge in [0.05, 0.1) is 17.3 Å². The third-order valence-corrected chi connectivity index (χ3v) is 4.64. The largest absolute Gasteiger partial charge is 0.489 e. The molecule has 1 unspecified atom stereocenters. The first kappa shape index (κ1) is 23.8. The summed E-state index contributed by atoms with van der Waals surface area (Å²) in [4.78, 5) is 51.8. The number of hydrogen-bond donors (Lipinski definition) is 0. The SMILES string of the molecule is CC(C)(C)OC(=O)C(COc1ccc(Oc2ccncc2)nc1)ON1C(=O)c2ccccc2C1=O. The zero-order valence-corrected chi connectivity index (χ0v) is 19.3. The van der Waals surface area contributed by atoms with Crippen molar-refractivity contribution in [3.63, 3.8) is 0 Å². The normalized spacial score (nSPS) is 13.9. The van der Waals surface area contributed by atoms with Crippen LogP contribution < -0.4 is 9.47 Å². The van der Waals surface area contributed by atoms with Crippen molar-refractivity contribution in [1.82, 2.24) is 15.0 Å². The third kappa shape index (κ3) is 5.79. The average molecular weight is 477 g/mol. The zero-order chi connectivity index (χ0) is 25.0. The molecule has 1 atom stereocenters. The highest BCUT2D eigenvalue weighted by Crippen LogP contribution is 2.25. The Labute approximate surface area is 201 Å². The van der Waals surface area contributed by atoms with Crippen molar-refractivity contribution in [3.8, 4) is 17.4 Å². The lowest BCUT2D eigenvalue weighted by molar-refractivity contribution is -0.193. The van der Waals surface area contributed by atoms with E-state index in [1.54, 1.807) is 69.6 Å². The number of nitrogens with zero attached hydrogens (tertiary/aromatic N) is 3. The zero-order valence-electron chi connectivity index (χ0n) is 19.3. The van der Waals surface area contributed by atoms with Gasteiger partial charge in [0.25, 0.3) is 11.8 Å². The minimum absolute atomic E-state index is 0.190. The summed E-state index contributed by atoms with van der Waals surface area (Å²) < 4.78 is 16.7. The first-order chi connectivity index (χ1) is 16.7. The number of amides is 2. The molecule has 0 saturated heterocycles. The first-order valence-corrected chi connectivity index (χ1v) is 10.8. The highest BCUT2D eigenvalue weighted by molar-refractivity contribution is 6.20. The van der Waals surface area contributed by atoms with Crippen LogP contribution in [0.2, 0.25) is 0 Å². The van der Waals surface area contributed by atoms with Gasteiger partial charge >= 0.3 is 5.97 Å². The van der Waals surface area contributed by atoms with Crippen LogP contribution >= 0.6 is 0 Å². The number of carbonyl (C=O) groups excluding carboxylic acids is 3. The van der Waals surface area contributed by atoms with E-state index >= 15 is 0 Å². The molecule has 0 N–H and O–H groups in total. The third-order valence-electron chi connectivity index (χ3n) is 4.64. The molecule has 0 spiro atoms. The fraction of sp³-hybridized carbons (Fsp3) is 0.240. The molecule has 0 aliphatic carbocycles. The van der Waals surface area contributed by atoms with Gasteiger partial charge in [-0.3, -0.25) is 14.6 Å². The van der Waals surface area contributed by atoms with E-state index in [1.807, 2.05) is 0 Å². The Morgan fingerprint density at radius 1 is 0.943 bits per heavy atom. The molecule has 1 aromatic carbocycles. The number of pyridine rings is 2. The molecule has 2 amide bonds. The predicted octanol–water partition coefficient (Wildman–Crippen LogP) is 3.59. The van der Waals surface area contributed by atoms with Crippen LogP contribution in [0.1, 0.15) is 41.5 Å². The van der Waals surface area contributed by atoms with Crippen LogP contribution in [0.5, 0.6) is 17.4 Å². The van der Waals surface area contributed by atoms with Crippen LogP contribution in [0, 0.1) is 0 Å². The Morgan fingerprint density at radius 3 is 2.17 bits per heavy atom. The van der Waals surface area contributed by atoms with Crippen molar-refractivity contribution in [2.45, 2.75) is 32.5 Å². The van der Waals surface area contributed by atoms with Crippen molar-refractivity contribution >= 4 is 17.8 Å². The molecule has 1 aliphatic rings. The first-order valence-electron chi connectivity index (χ1n) is 10.8. The van der Waals surface area contributed by atoms with Gasteiger partial charge in [-0.05, 0) is 51.1 Å². The number of carbonyl (C=O) groups is 3. The van der Waals surface area contributed by atoms with Crippen LogP contribution in [0.15, 0.2) is 67.1 Å². The maximum Gasteiger partial charge on any atom is 0.342 e. The number of esters is 1. The van der Waals surface area contributed by atoms with Crippen LogP contribution in [0.4, 0.5) is 0 Å². The van der Waals surface area contributed by atoms with Gasteiger partial charge in [0.15, 0.2) is 0 Å². The molecule has 35 heavy (non-hydrogen) atoms. The second-order valence-electron chi connectivity index (χ2n) is 8.51. The molecule has 0 fully saturated rings. The molecule has 0 saturated carbocycles. The second-order valence-corrected chi connectivity index (χ2v) is 8.51. The number of ether oxygens (including phenoxy) is 3. The molecule has 4 rings (SSSR count). The summed E-state index contributed by atoms with van der Waals surface area (Å²) in [5.41, 5.74) is -0.445. The molecule has 3 heterocycles. The lowest BCUT2D eigenvalue weighted by Gasteiger charge is -2.25. The summed E-state index contributed by atoms with van der Waals surface area (Å²) in [5.74, 6) is -0.918. The van der Waals surface area contributed by atoms with Gasteiger partial charge < -0.3 is 14.2 Å². The molecule has 1 aliphatic heterocycles. The minimum Gasteiger partial charge on any atom is -0.489 e. The van der Waals surface area contributed by atoms with Crippen LogP contribution in [0.3, 0.4) is 0 Å². The molecule has 0 radical (unpaired) electrons. The number of benzene rings is 1. The van der Waals surface area contributed by atoms with Gasteiger partial charge in [-0.2, -0.15) is 0 Å². The van der Waals surface area contributed by atoms with E-state index in [9.17, 15) is 14.4 Å². The van der Waals surface area contributed by atoms with E-state index in [-0.39, 0.29) is 17.7 Å². The highest BCUT2D eigenvalue weighted by atomic mass is 16.7.